The summed E-state index contributed by atoms with van der Waals surface area (Å²) in [4.78, 5) is 6.54. The van der Waals surface area contributed by atoms with E-state index in [0.717, 1.165) is 21.0 Å². The van der Waals surface area contributed by atoms with Crippen molar-refractivity contribution < 1.29 is 5.11 Å². The van der Waals surface area contributed by atoms with Gasteiger partial charge in [-0.2, -0.15) is 0 Å². The lowest BCUT2D eigenvalue weighted by atomic mass is 10.1. The molecular formula is C12H17N3OS. The number of hydrogen-bond acceptors (Lipinski definition) is 5. The number of hydrogen-bond donors (Lipinski definition) is 2. The van der Waals surface area contributed by atoms with Gasteiger partial charge in [-0.25, -0.2) is 4.98 Å². The van der Waals surface area contributed by atoms with Crippen molar-refractivity contribution in [1.82, 2.24) is 4.98 Å². The fraction of sp³-hybridized carbons (Fsp3) is 0.417. The van der Waals surface area contributed by atoms with E-state index in [9.17, 15) is 5.11 Å². The number of aliphatic hydroxyl groups excluding tert-OH is 1. The van der Waals surface area contributed by atoms with Gasteiger partial charge >= 0.3 is 0 Å². The summed E-state index contributed by atoms with van der Waals surface area (Å²) in [5.74, 6) is 0. The Morgan fingerprint density at radius 1 is 1.47 bits per heavy atom. The Bertz CT molecular complexity index is 536. The zero-order valence-electron chi connectivity index (χ0n) is 10.3. The number of aromatic nitrogens is 1. The highest BCUT2D eigenvalue weighted by molar-refractivity contribution is 7.22. The maximum Gasteiger partial charge on any atom is 0.186 e. The molecule has 0 aliphatic carbocycles. The van der Waals surface area contributed by atoms with Gasteiger partial charge in [-0.1, -0.05) is 11.3 Å². The Hall–Kier alpha value is -1.33. The van der Waals surface area contributed by atoms with E-state index < -0.39 is 0 Å². The molecule has 17 heavy (non-hydrogen) atoms. The maximum atomic E-state index is 9.36. The molecule has 0 unspecified atom stereocenters. The fourth-order valence-electron chi connectivity index (χ4n) is 1.44. The Kier molecular flexibility index (Phi) is 2.97. The largest absolute Gasteiger partial charge is 0.399 e. The molecule has 0 aliphatic rings. The zero-order valence-corrected chi connectivity index (χ0v) is 11.1. The smallest absolute Gasteiger partial charge is 0.186 e. The molecule has 3 N–H and O–H groups in total. The second kappa shape index (κ2) is 4.16. The molecule has 1 heterocycles. The van der Waals surface area contributed by atoms with Gasteiger partial charge in [0, 0.05) is 12.7 Å². The molecule has 0 amide bonds. The molecule has 92 valence electrons. The average Bonchev–Trinajstić information content (AvgIpc) is 2.70. The van der Waals surface area contributed by atoms with Crippen LogP contribution in [0.5, 0.6) is 0 Å². The molecule has 1 aromatic carbocycles. The molecule has 0 fully saturated rings. The van der Waals surface area contributed by atoms with Gasteiger partial charge in [-0.05, 0) is 32.0 Å². The first-order valence-corrected chi connectivity index (χ1v) is 6.26. The second-order valence-electron chi connectivity index (χ2n) is 4.75. The van der Waals surface area contributed by atoms with E-state index in [4.69, 9.17) is 5.73 Å². The number of anilines is 2. The lowest BCUT2D eigenvalue weighted by molar-refractivity contribution is 0.216. The van der Waals surface area contributed by atoms with Gasteiger partial charge in [0.25, 0.3) is 0 Å². The van der Waals surface area contributed by atoms with E-state index in [-0.39, 0.29) is 12.1 Å². The number of likely N-dealkylation sites (N-methyl/N-ethyl adjacent to an activating group) is 1. The van der Waals surface area contributed by atoms with Gasteiger partial charge in [0.2, 0.25) is 0 Å². The summed E-state index contributed by atoms with van der Waals surface area (Å²) in [7, 11) is 1.94. The van der Waals surface area contributed by atoms with Crippen LogP contribution in [0.4, 0.5) is 10.8 Å². The molecule has 2 rings (SSSR count). The van der Waals surface area contributed by atoms with Gasteiger partial charge in [0.15, 0.2) is 5.13 Å². The summed E-state index contributed by atoms with van der Waals surface area (Å²) in [6.45, 7) is 4.04. The van der Waals surface area contributed by atoms with E-state index in [1.54, 1.807) is 11.3 Å². The molecule has 0 bridgehead atoms. The molecule has 0 spiro atoms. The summed E-state index contributed by atoms with van der Waals surface area (Å²) in [5, 5.41) is 10.3. The van der Waals surface area contributed by atoms with Crippen LogP contribution in [0.25, 0.3) is 10.2 Å². The summed E-state index contributed by atoms with van der Waals surface area (Å²) < 4.78 is 1.07. The summed E-state index contributed by atoms with van der Waals surface area (Å²) >= 11 is 1.59. The van der Waals surface area contributed by atoms with Crippen molar-refractivity contribution >= 4 is 32.4 Å². The van der Waals surface area contributed by atoms with Crippen molar-refractivity contribution in [3.63, 3.8) is 0 Å². The van der Waals surface area contributed by atoms with Crippen molar-refractivity contribution in [1.29, 1.82) is 0 Å². The molecule has 4 nitrogen and oxygen atoms in total. The Balaban J connectivity index is 2.43. The minimum absolute atomic E-state index is 0.0849. The van der Waals surface area contributed by atoms with Gasteiger partial charge in [-0.15, -0.1) is 0 Å². The number of benzene rings is 1. The van der Waals surface area contributed by atoms with E-state index in [0.29, 0.717) is 0 Å². The van der Waals surface area contributed by atoms with Crippen LogP contribution in [0.15, 0.2) is 18.2 Å². The fourth-order valence-corrected chi connectivity index (χ4v) is 2.58. The van der Waals surface area contributed by atoms with Gasteiger partial charge < -0.3 is 15.7 Å². The van der Waals surface area contributed by atoms with E-state index in [2.05, 4.69) is 4.98 Å². The SMILES string of the molecule is CN(c1nc2ccc(N)cc2s1)C(C)(C)CO. The molecule has 0 saturated carbocycles. The molecule has 1 aromatic heterocycles. The Morgan fingerprint density at radius 2 is 2.18 bits per heavy atom. The van der Waals surface area contributed by atoms with Crippen LogP contribution >= 0.6 is 11.3 Å². The van der Waals surface area contributed by atoms with E-state index in [1.165, 1.54) is 0 Å². The minimum atomic E-state index is -0.320. The normalized spacial score (nSPS) is 12.0. The second-order valence-corrected chi connectivity index (χ2v) is 5.76. The maximum absolute atomic E-state index is 9.36. The van der Waals surface area contributed by atoms with Crippen LogP contribution in [0.1, 0.15) is 13.8 Å². The predicted molar refractivity (Wildman–Crippen MR) is 73.6 cm³/mol. The number of fused-ring (bicyclic) bond motifs is 1. The number of thiazole rings is 1. The van der Waals surface area contributed by atoms with Crippen molar-refractivity contribution in [2.45, 2.75) is 19.4 Å². The first-order chi connectivity index (χ1) is 7.94. The monoisotopic (exact) mass is 251 g/mol. The Morgan fingerprint density at radius 3 is 2.82 bits per heavy atom. The van der Waals surface area contributed by atoms with Crippen molar-refractivity contribution in [3.8, 4) is 0 Å². The molecule has 0 aliphatic heterocycles. The average molecular weight is 251 g/mol. The molecule has 0 radical (unpaired) electrons. The molecule has 5 heteroatoms. The lowest BCUT2D eigenvalue weighted by Crippen LogP contribution is -2.44. The standard InChI is InChI=1S/C12H17N3OS/c1-12(2,7-16)15(3)11-14-9-5-4-8(13)6-10(9)17-11/h4-6,16H,7,13H2,1-3H3. The summed E-state index contributed by atoms with van der Waals surface area (Å²) in [6, 6.07) is 5.70. The topological polar surface area (TPSA) is 62.4 Å². The lowest BCUT2D eigenvalue weighted by Gasteiger charge is -2.33. The van der Waals surface area contributed by atoms with Crippen molar-refractivity contribution in [2.24, 2.45) is 0 Å². The van der Waals surface area contributed by atoms with E-state index >= 15 is 0 Å². The van der Waals surface area contributed by atoms with Crippen LogP contribution < -0.4 is 10.6 Å². The van der Waals surface area contributed by atoms with Crippen LogP contribution in [-0.4, -0.2) is 29.3 Å². The number of rotatable bonds is 3. The predicted octanol–water partition coefficient (Wildman–Crippen LogP) is 2.09. The third kappa shape index (κ3) is 2.21. The number of nitrogens with two attached hydrogens (primary N) is 1. The molecule has 0 atom stereocenters. The van der Waals surface area contributed by atoms with Crippen molar-refractivity contribution in [2.75, 3.05) is 24.3 Å². The number of aliphatic hydroxyl groups is 1. The highest BCUT2D eigenvalue weighted by Crippen LogP contribution is 2.32. The first kappa shape index (κ1) is 12.1. The van der Waals surface area contributed by atoms with Crippen LogP contribution in [0.3, 0.4) is 0 Å². The number of nitrogens with zero attached hydrogens (tertiary/aromatic N) is 2. The van der Waals surface area contributed by atoms with Crippen LogP contribution in [0.2, 0.25) is 0 Å². The molecular weight excluding hydrogens is 234 g/mol. The first-order valence-electron chi connectivity index (χ1n) is 5.45. The zero-order chi connectivity index (χ0) is 12.6. The molecule has 0 saturated heterocycles. The summed E-state index contributed by atoms with van der Waals surface area (Å²) in [6.07, 6.45) is 0. The summed E-state index contributed by atoms with van der Waals surface area (Å²) in [5.41, 5.74) is 7.12. The van der Waals surface area contributed by atoms with Crippen LogP contribution in [0, 0.1) is 0 Å². The quantitative estimate of drug-likeness (QED) is 0.820. The highest BCUT2D eigenvalue weighted by atomic mass is 32.1. The highest BCUT2D eigenvalue weighted by Gasteiger charge is 2.25. The Labute approximate surface area is 105 Å². The number of nitrogen functional groups attached to an aromatic ring is 1. The van der Waals surface area contributed by atoms with Gasteiger partial charge in [-0.3, -0.25) is 0 Å². The van der Waals surface area contributed by atoms with E-state index in [1.807, 2.05) is 44.0 Å². The van der Waals surface area contributed by atoms with Gasteiger partial charge in [0.05, 0.1) is 22.4 Å². The van der Waals surface area contributed by atoms with Crippen molar-refractivity contribution in [3.05, 3.63) is 18.2 Å². The third-order valence-corrected chi connectivity index (χ3v) is 4.08. The molecule has 2 aromatic rings. The third-order valence-electron chi connectivity index (χ3n) is 2.98. The minimum Gasteiger partial charge on any atom is -0.399 e. The van der Waals surface area contributed by atoms with Gasteiger partial charge in [0.1, 0.15) is 0 Å². The van der Waals surface area contributed by atoms with Crippen LogP contribution in [-0.2, 0) is 0 Å².